The van der Waals surface area contributed by atoms with Gasteiger partial charge in [0.1, 0.15) is 11.6 Å². The van der Waals surface area contributed by atoms with E-state index in [9.17, 15) is 14.3 Å². The van der Waals surface area contributed by atoms with E-state index in [1.165, 1.54) is 13.0 Å². The van der Waals surface area contributed by atoms with Gasteiger partial charge >= 0.3 is 0 Å². The molecule has 2 rings (SSSR count). The number of halogens is 1. The number of hydrogen-bond donors (Lipinski definition) is 1. The maximum atomic E-state index is 13.5. The molecule has 2 unspecified atom stereocenters. The SMILES string of the molecule is CC(=O)c1cc(F)cc(CN2CC(C)CC2C)c1O. The largest absolute Gasteiger partial charge is 0.507 e. The predicted molar refractivity (Wildman–Crippen MR) is 71.7 cm³/mol. The van der Waals surface area contributed by atoms with Crippen LogP contribution in [0.3, 0.4) is 0 Å². The Bertz CT molecular complexity index is 501. The van der Waals surface area contributed by atoms with Gasteiger partial charge in [0.25, 0.3) is 0 Å². The van der Waals surface area contributed by atoms with Gasteiger partial charge < -0.3 is 5.11 Å². The molecule has 4 heteroatoms. The Kier molecular flexibility index (Phi) is 3.90. The molecule has 1 aliphatic rings. The Hall–Kier alpha value is -1.42. The van der Waals surface area contributed by atoms with Crippen molar-refractivity contribution in [2.75, 3.05) is 6.54 Å². The van der Waals surface area contributed by atoms with Crippen LogP contribution in [-0.4, -0.2) is 28.4 Å². The van der Waals surface area contributed by atoms with Gasteiger partial charge in [-0.25, -0.2) is 4.39 Å². The quantitative estimate of drug-likeness (QED) is 0.854. The van der Waals surface area contributed by atoms with Gasteiger partial charge in [-0.1, -0.05) is 6.92 Å². The molecule has 1 aromatic rings. The van der Waals surface area contributed by atoms with Gasteiger partial charge in [-0.05, 0) is 38.3 Å². The first-order valence-corrected chi connectivity index (χ1v) is 6.65. The first kappa shape index (κ1) is 14.0. The smallest absolute Gasteiger partial charge is 0.163 e. The lowest BCUT2D eigenvalue weighted by molar-refractivity contribution is 0.101. The summed E-state index contributed by atoms with van der Waals surface area (Å²) in [5.74, 6) is -0.266. The molecule has 0 radical (unpaired) electrons. The Morgan fingerprint density at radius 3 is 2.68 bits per heavy atom. The highest BCUT2D eigenvalue weighted by Gasteiger charge is 2.27. The summed E-state index contributed by atoms with van der Waals surface area (Å²) in [4.78, 5) is 13.6. The molecule has 0 spiro atoms. The van der Waals surface area contributed by atoms with Gasteiger partial charge in [0, 0.05) is 24.7 Å². The average Bonchev–Trinajstić information content (AvgIpc) is 2.61. The van der Waals surface area contributed by atoms with Gasteiger partial charge in [0.2, 0.25) is 0 Å². The predicted octanol–water partition coefficient (Wildman–Crippen LogP) is 2.96. The second-order valence-corrected chi connectivity index (χ2v) is 5.64. The fourth-order valence-electron chi connectivity index (χ4n) is 2.87. The monoisotopic (exact) mass is 265 g/mol. The number of aromatic hydroxyl groups is 1. The molecule has 1 fully saturated rings. The molecule has 1 aliphatic heterocycles. The van der Waals surface area contributed by atoms with E-state index in [-0.39, 0.29) is 17.1 Å². The highest BCUT2D eigenvalue weighted by atomic mass is 19.1. The number of rotatable bonds is 3. The zero-order valence-electron chi connectivity index (χ0n) is 11.6. The van der Waals surface area contributed by atoms with Gasteiger partial charge in [-0.15, -0.1) is 0 Å². The molecule has 0 amide bonds. The number of nitrogens with zero attached hydrogens (tertiary/aromatic N) is 1. The van der Waals surface area contributed by atoms with Crippen molar-refractivity contribution in [3.63, 3.8) is 0 Å². The van der Waals surface area contributed by atoms with Crippen molar-refractivity contribution in [2.24, 2.45) is 5.92 Å². The van der Waals surface area contributed by atoms with Crippen LogP contribution in [0.5, 0.6) is 5.75 Å². The molecular formula is C15H20FNO2. The van der Waals surface area contributed by atoms with Crippen LogP contribution in [-0.2, 0) is 6.54 Å². The van der Waals surface area contributed by atoms with E-state index in [0.717, 1.165) is 19.0 Å². The minimum absolute atomic E-state index is 0.0647. The number of benzene rings is 1. The van der Waals surface area contributed by atoms with Crippen LogP contribution < -0.4 is 0 Å². The topological polar surface area (TPSA) is 40.5 Å². The molecule has 19 heavy (non-hydrogen) atoms. The molecule has 3 nitrogen and oxygen atoms in total. The molecule has 0 saturated carbocycles. The lowest BCUT2D eigenvalue weighted by atomic mass is 10.0. The summed E-state index contributed by atoms with van der Waals surface area (Å²) >= 11 is 0. The van der Waals surface area contributed by atoms with Crippen LogP contribution in [0.15, 0.2) is 12.1 Å². The molecule has 104 valence electrons. The van der Waals surface area contributed by atoms with Gasteiger partial charge in [0.05, 0.1) is 5.56 Å². The second kappa shape index (κ2) is 5.29. The van der Waals surface area contributed by atoms with Gasteiger partial charge in [-0.2, -0.15) is 0 Å². The number of ketones is 1. The third kappa shape index (κ3) is 2.95. The first-order valence-electron chi connectivity index (χ1n) is 6.65. The minimum atomic E-state index is -0.474. The van der Waals surface area contributed by atoms with Crippen molar-refractivity contribution >= 4 is 5.78 Å². The van der Waals surface area contributed by atoms with E-state index in [0.29, 0.717) is 24.1 Å². The number of likely N-dealkylation sites (tertiary alicyclic amines) is 1. The molecule has 0 bridgehead atoms. The fourth-order valence-corrected chi connectivity index (χ4v) is 2.87. The molecule has 0 aliphatic carbocycles. The third-order valence-corrected chi connectivity index (χ3v) is 3.82. The van der Waals surface area contributed by atoms with E-state index in [2.05, 4.69) is 18.7 Å². The fraction of sp³-hybridized carbons (Fsp3) is 0.533. The summed E-state index contributed by atoms with van der Waals surface area (Å²) in [7, 11) is 0. The Morgan fingerprint density at radius 2 is 2.16 bits per heavy atom. The molecule has 1 saturated heterocycles. The Morgan fingerprint density at radius 1 is 1.47 bits per heavy atom. The normalized spacial score (nSPS) is 23.8. The van der Waals surface area contributed by atoms with E-state index in [1.54, 1.807) is 0 Å². The number of carbonyl (C=O) groups is 1. The molecule has 1 N–H and O–H groups in total. The van der Waals surface area contributed by atoms with Crippen LogP contribution in [0.4, 0.5) is 4.39 Å². The van der Waals surface area contributed by atoms with E-state index in [1.807, 2.05) is 0 Å². The van der Waals surface area contributed by atoms with Crippen LogP contribution >= 0.6 is 0 Å². The molecule has 1 aromatic carbocycles. The highest BCUT2D eigenvalue weighted by molar-refractivity contribution is 5.97. The summed E-state index contributed by atoms with van der Waals surface area (Å²) in [6.45, 7) is 7.06. The average molecular weight is 265 g/mol. The summed E-state index contributed by atoms with van der Waals surface area (Å²) in [5.41, 5.74) is 0.557. The molecule has 0 aromatic heterocycles. The summed E-state index contributed by atoms with van der Waals surface area (Å²) in [6, 6.07) is 2.83. The van der Waals surface area contributed by atoms with Crippen LogP contribution in [0.2, 0.25) is 0 Å². The highest BCUT2D eigenvalue weighted by Crippen LogP contribution is 2.30. The summed E-state index contributed by atoms with van der Waals surface area (Å²) < 4.78 is 13.5. The second-order valence-electron chi connectivity index (χ2n) is 5.64. The van der Waals surface area contributed by atoms with Crippen molar-refractivity contribution in [1.82, 2.24) is 4.90 Å². The molecule has 1 heterocycles. The van der Waals surface area contributed by atoms with Crippen LogP contribution in [0.25, 0.3) is 0 Å². The maximum absolute atomic E-state index is 13.5. The van der Waals surface area contributed by atoms with Crippen molar-refractivity contribution < 1.29 is 14.3 Å². The molecule has 2 atom stereocenters. The number of hydrogen-bond acceptors (Lipinski definition) is 3. The van der Waals surface area contributed by atoms with Crippen molar-refractivity contribution in [2.45, 2.75) is 39.8 Å². The van der Waals surface area contributed by atoms with E-state index in [4.69, 9.17) is 0 Å². The minimum Gasteiger partial charge on any atom is -0.507 e. The number of Topliss-reactive ketones (excluding diaryl/α,β-unsaturated/α-hetero) is 1. The van der Waals surface area contributed by atoms with Crippen molar-refractivity contribution in [3.05, 3.63) is 29.1 Å². The summed E-state index contributed by atoms with van der Waals surface area (Å²) in [6.07, 6.45) is 1.11. The third-order valence-electron chi connectivity index (χ3n) is 3.82. The number of phenolic OH excluding ortho intramolecular Hbond substituents is 1. The van der Waals surface area contributed by atoms with Gasteiger partial charge in [0.15, 0.2) is 5.78 Å². The zero-order chi connectivity index (χ0) is 14.2. The Labute approximate surface area is 113 Å². The lowest BCUT2D eigenvalue weighted by Gasteiger charge is -2.22. The number of phenols is 1. The zero-order valence-corrected chi connectivity index (χ0v) is 11.6. The first-order chi connectivity index (χ1) is 8.88. The maximum Gasteiger partial charge on any atom is 0.163 e. The van der Waals surface area contributed by atoms with E-state index >= 15 is 0 Å². The lowest BCUT2D eigenvalue weighted by Crippen LogP contribution is -2.26. The Balaban J connectivity index is 2.28. The van der Waals surface area contributed by atoms with Crippen LogP contribution in [0, 0.1) is 11.7 Å². The standard InChI is InChI=1S/C15H20FNO2/c1-9-4-10(2)17(7-9)8-12-5-13(16)6-14(11(3)18)15(12)19/h5-6,9-10,19H,4,7-8H2,1-3H3. The van der Waals surface area contributed by atoms with Crippen LogP contribution in [0.1, 0.15) is 43.1 Å². The van der Waals surface area contributed by atoms with Gasteiger partial charge in [-0.3, -0.25) is 9.69 Å². The number of carbonyl (C=O) groups excluding carboxylic acids is 1. The molecular weight excluding hydrogens is 245 g/mol. The van der Waals surface area contributed by atoms with Crippen molar-refractivity contribution in [1.29, 1.82) is 0 Å². The van der Waals surface area contributed by atoms with Crippen molar-refractivity contribution in [3.8, 4) is 5.75 Å². The summed E-state index contributed by atoms with van der Waals surface area (Å²) in [5, 5.41) is 10.1. The van der Waals surface area contributed by atoms with E-state index < -0.39 is 5.82 Å².